The van der Waals surface area contributed by atoms with Crippen LogP contribution in [0, 0.1) is 24.4 Å². The molecule has 0 aliphatic heterocycles. The highest BCUT2D eigenvalue weighted by atomic mass is 19.2. The van der Waals surface area contributed by atoms with Crippen LogP contribution < -0.4 is 4.74 Å². The summed E-state index contributed by atoms with van der Waals surface area (Å²) in [7, 11) is 0. The Morgan fingerprint density at radius 2 is 1.69 bits per heavy atom. The summed E-state index contributed by atoms with van der Waals surface area (Å²) < 4.78 is 55.2. The molecular weight excluding hydrogens is 465 g/mol. The third kappa shape index (κ3) is 5.81. The van der Waals surface area contributed by atoms with Crippen molar-refractivity contribution in [1.29, 1.82) is 0 Å². The van der Waals surface area contributed by atoms with Gasteiger partial charge in [-0.05, 0) is 68.2 Å². The van der Waals surface area contributed by atoms with Gasteiger partial charge in [0.25, 0.3) is 0 Å². The Kier molecular flexibility index (Phi) is 8.14. The minimum Gasteiger partial charge on any atom is -0.493 e. The molecule has 0 aromatic heterocycles. The van der Waals surface area contributed by atoms with E-state index in [2.05, 4.69) is 6.58 Å². The monoisotopic (exact) mass is 494 g/mol. The van der Waals surface area contributed by atoms with E-state index in [9.17, 15) is 18.0 Å². The first-order valence-corrected chi connectivity index (χ1v) is 12.2. The van der Waals surface area contributed by atoms with Gasteiger partial charge in [-0.3, -0.25) is 0 Å². The number of halogens is 3. The Bertz CT molecular complexity index is 1230. The fourth-order valence-electron chi connectivity index (χ4n) is 4.56. The summed E-state index contributed by atoms with van der Waals surface area (Å²) in [6.45, 7) is 5.98. The lowest BCUT2D eigenvalue weighted by atomic mass is 9.82. The van der Waals surface area contributed by atoms with Crippen molar-refractivity contribution in [1.82, 2.24) is 0 Å². The molecule has 1 fully saturated rings. The molecule has 0 atom stereocenters. The van der Waals surface area contributed by atoms with Crippen LogP contribution in [0.25, 0.3) is 11.1 Å². The molecule has 1 saturated carbocycles. The Labute approximate surface area is 209 Å². The molecule has 0 heterocycles. The first kappa shape index (κ1) is 25.5. The molecule has 0 amide bonds. The minimum atomic E-state index is -1.22. The lowest BCUT2D eigenvalue weighted by molar-refractivity contribution is 0.0188. The van der Waals surface area contributed by atoms with Gasteiger partial charge in [0.1, 0.15) is 17.7 Å². The summed E-state index contributed by atoms with van der Waals surface area (Å²) in [6, 6.07) is 14.6. The van der Waals surface area contributed by atoms with Crippen molar-refractivity contribution in [3.05, 3.63) is 101 Å². The van der Waals surface area contributed by atoms with E-state index in [-0.39, 0.29) is 17.3 Å². The molecule has 0 radical (unpaired) electrons. The normalized spacial score (nSPS) is 17.4. The molecule has 3 nitrogen and oxygen atoms in total. The predicted octanol–water partition coefficient (Wildman–Crippen LogP) is 7.92. The molecule has 0 unspecified atom stereocenters. The van der Waals surface area contributed by atoms with Gasteiger partial charge in [0.05, 0.1) is 12.2 Å². The van der Waals surface area contributed by atoms with E-state index in [1.165, 1.54) is 18.2 Å². The van der Waals surface area contributed by atoms with Gasteiger partial charge >= 0.3 is 5.97 Å². The Hall–Kier alpha value is -3.54. The van der Waals surface area contributed by atoms with Gasteiger partial charge in [0.15, 0.2) is 11.6 Å². The number of hydrogen-bond donors (Lipinski definition) is 0. The minimum absolute atomic E-state index is 0.00912. The highest BCUT2D eigenvalue weighted by Crippen LogP contribution is 2.37. The molecule has 0 bridgehead atoms. The number of rotatable bonds is 8. The molecule has 4 rings (SSSR count). The SMILES string of the molecule is C=CCCOc1ccc(C2CCC(OC(=O)c3ccc(-c4ccc(C)cc4)c(F)c3F)CC2)c(F)c1. The summed E-state index contributed by atoms with van der Waals surface area (Å²) in [5, 5.41) is 0. The van der Waals surface area contributed by atoms with E-state index in [1.54, 1.807) is 30.3 Å². The third-order valence-electron chi connectivity index (χ3n) is 6.62. The van der Waals surface area contributed by atoms with E-state index in [0.717, 1.165) is 5.56 Å². The number of carbonyl (C=O) groups excluding carboxylic acids is 1. The quantitative estimate of drug-likeness (QED) is 0.181. The molecule has 6 heteroatoms. The van der Waals surface area contributed by atoms with Gasteiger partial charge in [-0.15, -0.1) is 6.58 Å². The zero-order valence-corrected chi connectivity index (χ0v) is 20.2. The second kappa shape index (κ2) is 11.5. The predicted molar refractivity (Wildman–Crippen MR) is 134 cm³/mol. The largest absolute Gasteiger partial charge is 0.493 e. The lowest BCUT2D eigenvalue weighted by Crippen LogP contribution is -2.25. The number of benzene rings is 3. The van der Waals surface area contributed by atoms with E-state index in [1.807, 2.05) is 19.1 Å². The molecule has 0 N–H and O–H groups in total. The van der Waals surface area contributed by atoms with Crippen molar-refractivity contribution in [2.75, 3.05) is 6.61 Å². The molecule has 1 aliphatic rings. The number of carbonyl (C=O) groups is 1. The summed E-state index contributed by atoms with van der Waals surface area (Å²) in [6.07, 6.45) is 4.25. The van der Waals surface area contributed by atoms with Crippen LogP contribution >= 0.6 is 0 Å². The van der Waals surface area contributed by atoms with Crippen molar-refractivity contribution in [3.63, 3.8) is 0 Å². The van der Waals surface area contributed by atoms with E-state index >= 15 is 0 Å². The number of hydrogen-bond acceptors (Lipinski definition) is 3. The Morgan fingerprint density at radius 1 is 0.972 bits per heavy atom. The topological polar surface area (TPSA) is 35.5 Å². The van der Waals surface area contributed by atoms with Gasteiger partial charge in [-0.25, -0.2) is 18.0 Å². The van der Waals surface area contributed by atoms with E-state index in [0.29, 0.717) is 55.6 Å². The number of esters is 1. The van der Waals surface area contributed by atoms with Crippen molar-refractivity contribution in [3.8, 4) is 16.9 Å². The van der Waals surface area contributed by atoms with Gasteiger partial charge < -0.3 is 9.47 Å². The molecule has 0 spiro atoms. The molecule has 188 valence electrons. The van der Waals surface area contributed by atoms with E-state index < -0.39 is 29.3 Å². The second-order valence-electron chi connectivity index (χ2n) is 9.14. The van der Waals surface area contributed by atoms with Crippen LogP contribution in [-0.4, -0.2) is 18.7 Å². The van der Waals surface area contributed by atoms with Crippen LogP contribution in [0.3, 0.4) is 0 Å². The number of aryl methyl sites for hydroxylation is 1. The molecule has 3 aromatic rings. The second-order valence-corrected chi connectivity index (χ2v) is 9.14. The first-order chi connectivity index (χ1) is 17.4. The van der Waals surface area contributed by atoms with Gasteiger partial charge in [0, 0.05) is 11.6 Å². The lowest BCUT2D eigenvalue weighted by Gasteiger charge is -2.29. The van der Waals surface area contributed by atoms with Gasteiger partial charge in [-0.2, -0.15) is 0 Å². The smallest absolute Gasteiger partial charge is 0.341 e. The van der Waals surface area contributed by atoms with E-state index in [4.69, 9.17) is 9.47 Å². The van der Waals surface area contributed by atoms with Crippen LogP contribution in [0.1, 0.15) is 59.5 Å². The Balaban J connectivity index is 1.36. The maximum Gasteiger partial charge on any atom is 0.341 e. The summed E-state index contributed by atoms with van der Waals surface area (Å²) in [5.74, 6) is -3.04. The Morgan fingerprint density at radius 3 is 2.36 bits per heavy atom. The van der Waals surface area contributed by atoms with Crippen LogP contribution in [0.4, 0.5) is 13.2 Å². The average molecular weight is 495 g/mol. The van der Waals surface area contributed by atoms with Crippen molar-refractivity contribution >= 4 is 5.97 Å². The fourth-order valence-corrected chi connectivity index (χ4v) is 4.56. The summed E-state index contributed by atoms with van der Waals surface area (Å²) >= 11 is 0. The molecular formula is C30H29F3O3. The molecule has 36 heavy (non-hydrogen) atoms. The van der Waals surface area contributed by atoms with Crippen LogP contribution in [0.5, 0.6) is 5.75 Å². The average Bonchev–Trinajstić information content (AvgIpc) is 2.87. The maximum absolute atomic E-state index is 14.8. The third-order valence-corrected chi connectivity index (χ3v) is 6.62. The number of ether oxygens (including phenoxy) is 2. The van der Waals surface area contributed by atoms with Crippen molar-refractivity contribution in [2.45, 2.75) is 51.0 Å². The van der Waals surface area contributed by atoms with Crippen molar-refractivity contribution in [2.24, 2.45) is 0 Å². The highest BCUT2D eigenvalue weighted by molar-refractivity contribution is 5.90. The van der Waals surface area contributed by atoms with Crippen LogP contribution in [0.15, 0.2) is 67.3 Å². The zero-order valence-electron chi connectivity index (χ0n) is 20.2. The van der Waals surface area contributed by atoms with Crippen LogP contribution in [-0.2, 0) is 4.74 Å². The van der Waals surface area contributed by atoms with Gasteiger partial charge in [0.2, 0.25) is 0 Å². The molecule has 1 aliphatic carbocycles. The standard InChI is InChI=1S/C30H29F3O3/c1-3-4-17-35-23-13-14-24(27(31)18-23)20-9-11-22(12-10-20)36-30(34)26-16-15-25(28(32)29(26)33)21-7-5-19(2)6-8-21/h3,5-8,13-16,18,20,22H,1,4,9-12,17H2,2H3. The summed E-state index contributed by atoms with van der Waals surface area (Å²) in [5.41, 5.74) is 1.80. The molecule has 3 aromatic carbocycles. The zero-order chi connectivity index (χ0) is 25.7. The summed E-state index contributed by atoms with van der Waals surface area (Å²) in [4.78, 5) is 12.6. The highest BCUT2D eigenvalue weighted by Gasteiger charge is 2.28. The first-order valence-electron chi connectivity index (χ1n) is 12.2. The maximum atomic E-state index is 14.8. The van der Waals surface area contributed by atoms with Crippen LogP contribution in [0.2, 0.25) is 0 Å². The fraction of sp³-hybridized carbons (Fsp3) is 0.300. The van der Waals surface area contributed by atoms with Gasteiger partial charge in [-0.1, -0.05) is 48.0 Å². The molecule has 0 saturated heterocycles. The van der Waals surface area contributed by atoms with Crippen molar-refractivity contribution < 1.29 is 27.4 Å².